The molecule has 6 heteroatoms. The van der Waals surface area contributed by atoms with Crippen LogP contribution in [0.5, 0.6) is 0 Å². The van der Waals surface area contributed by atoms with Gasteiger partial charge in [-0.3, -0.25) is 9.69 Å². The lowest BCUT2D eigenvalue weighted by Crippen LogP contribution is -2.40. The molecule has 0 aromatic rings. The van der Waals surface area contributed by atoms with Crippen LogP contribution in [0.25, 0.3) is 0 Å². The Bertz CT molecular complexity index is 317. The molecule has 0 unspecified atom stereocenters. The van der Waals surface area contributed by atoms with Crippen LogP contribution in [0.1, 0.15) is 6.92 Å². The Labute approximate surface area is 101 Å². The Morgan fingerprint density at radius 3 is 2.88 bits per heavy atom. The molecule has 0 bridgehead atoms. The molecular formula is C11H19N3O3. The van der Waals surface area contributed by atoms with Crippen LogP contribution in [-0.4, -0.2) is 61.8 Å². The Kier molecular flexibility index (Phi) is 4.96. The smallest absolute Gasteiger partial charge is 0.319 e. The summed E-state index contributed by atoms with van der Waals surface area (Å²) < 4.78 is 4.90. The molecule has 0 aromatic heterocycles. The van der Waals surface area contributed by atoms with Crippen molar-refractivity contribution in [2.45, 2.75) is 6.92 Å². The second kappa shape index (κ2) is 6.24. The summed E-state index contributed by atoms with van der Waals surface area (Å²) in [6.45, 7) is 7.41. The van der Waals surface area contributed by atoms with Crippen LogP contribution in [-0.2, 0) is 9.53 Å². The number of nitrogens with zero attached hydrogens (tertiary/aromatic N) is 2. The highest BCUT2D eigenvalue weighted by Crippen LogP contribution is 2.06. The average molecular weight is 241 g/mol. The Morgan fingerprint density at radius 2 is 2.29 bits per heavy atom. The Hall–Kier alpha value is -1.56. The number of hydrogen-bond donors (Lipinski definition) is 1. The number of carbonyl (C=O) groups excluding carboxylic acids is 2. The lowest BCUT2D eigenvalue weighted by atomic mass is 10.3. The molecule has 1 heterocycles. The van der Waals surface area contributed by atoms with Gasteiger partial charge in [-0.2, -0.15) is 0 Å². The van der Waals surface area contributed by atoms with Gasteiger partial charge in [0.1, 0.15) is 6.54 Å². The molecule has 0 aromatic carbocycles. The van der Waals surface area contributed by atoms with E-state index < -0.39 is 0 Å². The number of amides is 3. The lowest BCUT2D eigenvalue weighted by Gasteiger charge is -2.18. The largest absolute Gasteiger partial charge is 0.383 e. The summed E-state index contributed by atoms with van der Waals surface area (Å²) in [6.07, 6.45) is 0. The number of nitrogens with one attached hydrogen (secondary N) is 1. The van der Waals surface area contributed by atoms with Crippen LogP contribution in [0, 0.1) is 0 Å². The third-order valence-electron chi connectivity index (χ3n) is 2.41. The summed E-state index contributed by atoms with van der Waals surface area (Å²) in [4.78, 5) is 26.3. The van der Waals surface area contributed by atoms with E-state index >= 15 is 0 Å². The van der Waals surface area contributed by atoms with E-state index in [-0.39, 0.29) is 18.5 Å². The zero-order chi connectivity index (χ0) is 12.8. The van der Waals surface area contributed by atoms with Crippen molar-refractivity contribution in [3.8, 4) is 0 Å². The molecule has 0 aliphatic carbocycles. The van der Waals surface area contributed by atoms with E-state index in [1.165, 1.54) is 4.90 Å². The van der Waals surface area contributed by atoms with Crippen molar-refractivity contribution in [1.82, 2.24) is 15.1 Å². The van der Waals surface area contributed by atoms with Gasteiger partial charge in [-0.15, -0.1) is 0 Å². The highest BCUT2D eigenvalue weighted by Gasteiger charge is 2.30. The van der Waals surface area contributed by atoms with Gasteiger partial charge < -0.3 is 15.0 Å². The maximum atomic E-state index is 11.7. The number of ether oxygens (including phenoxy) is 1. The predicted molar refractivity (Wildman–Crippen MR) is 63.4 cm³/mol. The zero-order valence-electron chi connectivity index (χ0n) is 10.4. The minimum atomic E-state index is -0.235. The first kappa shape index (κ1) is 13.5. The van der Waals surface area contributed by atoms with Gasteiger partial charge in [-0.25, -0.2) is 4.79 Å². The maximum Gasteiger partial charge on any atom is 0.319 e. The second-order valence-electron chi connectivity index (χ2n) is 4.11. The molecule has 1 aliphatic rings. The van der Waals surface area contributed by atoms with E-state index in [9.17, 15) is 9.59 Å². The minimum absolute atomic E-state index is 0.0486. The van der Waals surface area contributed by atoms with Crippen molar-refractivity contribution < 1.29 is 14.3 Å². The van der Waals surface area contributed by atoms with Gasteiger partial charge in [-0.1, -0.05) is 12.2 Å². The maximum absolute atomic E-state index is 11.7. The molecule has 1 aliphatic heterocycles. The van der Waals surface area contributed by atoms with Gasteiger partial charge in [0.2, 0.25) is 5.91 Å². The van der Waals surface area contributed by atoms with E-state index in [0.717, 1.165) is 5.57 Å². The van der Waals surface area contributed by atoms with Crippen LogP contribution in [0.4, 0.5) is 4.79 Å². The minimum Gasteiger partial charge on any atom is -0.383 e. The number of urea groups is 1. The molecule has 3 amide bonds. The fraction of sp³-hybridized carbons (Fsp3) is 0.636. The number of rotatable bonds is 5. The van der Waals surface area contributed by atoms with E-state index in [4.69, 9.17) is 4.74 Å². The predicted octanol–water partition coefficient (Wildman–Crippen LogP) is 0.0202. The fourth-order valence-corrected chi connectivity index (χ4v) is 1.47. The first-order valence-electron chi connectivity index (χ1n) is 5.48. The highest BCUT2D eigenvalue weighted by molar-refractivity contribution is 5.87. The monoisotopic (exact) mass is 241 g/mol. The molecule has 0 spiro atoms. The molecular weight excluding hydrogens is 222 g/mol. The summed E-state index contributed by atoms with van der Waals surface area (Å²) >= 11 is 0. The van der Waals surface area contributed by atoms with Gasteiger partial charge in [0, 0.05) is 20.2 Å². The van der Waals surface area contributed by atoms with Gasteiger partial charge >= 0.3 is 6.03 Å². The molecule has 1 N–H and O–H groups in total. The summed E-state index contributed by atoms with van der Waals surface area (Å²) in [7, 11) is 1.58. The van der Waals surface area contributed by atoms with Gasteiger partial charge in [0.25, 0.3) is 0 Å². The van der Waals surface area contributed by atoms with Crippen LogP contribution >= 0.6 is 0 Å². The lowest BCUT2D eigenvalue weighted by molar-refractivity contribution is -0.127. The van der Waals surface area contributed by atoms with Crippen molar-refractivity contribution in [2.24, 2.45) is 0 Å². The van der Waals surface area contributed by atoms with Crippen molar-refractivity contribution in [2.75, 3.05) is 40.0 Å². The second-order valence-corrected chi connectivity index (χ2v) is 4.11. The van der Waals surface area contributed by atoms with E-state index in [2.05, 4.69) is 11.9 Å². The first-order valence-corrected chi connectivity index (χ1v) is 5.48. The Balaban J connectivity index is 2.39. The van der Waals surface area contributed by atoms with Crippen molar-refractivity contribution >= 4 is 11.9 Å². The summed E-state index contributed by atoms with van der Waals surface area (Å²) in [5, 5.41) is 2.70. The topological polar surface area (TPSA) is 61.9 Å². The molecule has 17 heavy (non-hydrogen) atoms. The number of carbonyl (C=O) groups is 2. The standard InChI is InChI=1S/C11H19N3O3/c1-9(2)6-12-11(16)14-7-10(15)13(8-14)4-5-17-3/h1,4-8H2,2-3H3,(H,12,16). The fourth-order valence-electron chi connectivity index (χ4n) is 1.47. The number of hydrogen-bond acceptors (Lipinski definition) is 3. The molecule has 1 rings (SSSR count). The van der Waals surface area contributed by atoms with Crippen molar-refractivity contribution in [1.29, 1.82) is 0 Å². The first-order chi connectivity index (χ1) is 8.04. The molecule has 0 atom stereocenters. The third-order valence-corrected chi connectivity index (χ3v) is 2.41. The molecule has 0 radical (unpaired) electrons. The quantitative estimate of drug-likeness (QED) is 0.690. The van der Waals surface area contributed by atoms with Crippen molar-refractivity contribution in [3.63, 3.8) is 0 Å². The molecule has 96 valence electrons. The van der Waals surface area contributed by atoms with Gasteiger partial charge in [0.05, 0.1) is 13.3 Å². The highest BCUT2D eigenvalue weighted by atomic mass is 16.5. The SMILES string of the molecule is C=C(C)CNC(=O)N1CC(=O)N(CCOC)C1. The van der Waals surface area contributed by atoms with Crippen LogP contribution in [0.3, 0.4) is 0 Å². The zero-order valence-corrected chi connectivity index (χ0v) is 10.4. The number of methoxy groups -OCH3 is 1. The van der Waals surface area contributed by atoms with E-state index in [1.54, 1.807) is 12.0 Å². The molecule has 1 saturated heterocycles. The average Bonchev–Trinajstić information content (AvgIpc) is 2.65. The van der Waals surface area contributed by atoms with Crippen LogP contribution in [0.15, 0.2) is 12.2 Å². The molecule has 0 saturated carbocycles. The molecule has 6 nitrogen and oxygen atoms in total. The molecule has 1 fully saturated rings. The van der Waals surface area contributed by atoms with Crippen LogP contribution < -0.4 is 5.32 Å². The summed E-state index contributed by atoms with van der Waals surface area (Å²) in [6, 6.07) is -0.235. The third kappa shape index (κ3) is 4.07. The summed E-state index contributed by atoms with van der Waals surface area (Å²) in [5.41, 5.74) is 0.875. The van der Waals surface area contributed by atoms with E-state index in [0.29, 0.717) is 26.4 Å². The van der Waals surface area contributed by atoms with E-state index in [1.807, 2.05) is 6.92 Å². The van der Waals surface area contributed by atoms with Gasteiger partial charge in [0.15, 0.2) is 0 Å². The van der Waals surface area contributed by atoms with Crippen LogP contribution in [0.2, 0.25) is 0 Å². The normalized spacial score (nSPS) is 15.3. The van der Waals surface area contributed by atoms with Crippen molar-refractivity contribution in [3.05, 3.63) is 12.2 Å². The Morgan fingerprint density at radius 1 is 1.59 bits per heavy atom. The summed E-state index contributed by atoms with van der Waals surface area (Å²) in [5.74, 6) is -0.0486. The van der Waals surface area contributed by atoms with Gasteiger partial charge in [-0.05, 0) is 6.92 Å².